The summed E-state index contributed by atoms with van der Waals surface area (Å²) in [6.07, 6.45) is 4.74. The van der Waals surface area contributed by atoms with E-state index in [2.05, 4.69) is 23.8 Å². The van der Waals surface area contributed by atoms with Crippen molar-refractivity contribution in [3.8, 4) is 0 Å². The second-order valence-electron chi connectivity index (χ2n) is 8.44. The number of benzene rings is 1. The van der Waals surface area contributed by atoms with Gasteiger partial charge in [-0.15, -0.1) is 0 Å². The third-order valence-corrected chi connectivity index (χ3v) is 6.05. The Morgan fingerprint density at radius 1 is 1.22 bits per heavy atom. The van der Waals surface area contributed by atoms with Gasteiger partial charge in [0.05, 0.1) is 23.3 Å². The van der Waals surface area contributed by atoms with Crippen LogP contribution in [0.1, 0.15) is 49.2 Å². The molecule has 2 aliphatic heterocycles. The van der Waals surface area contributed by atoms with Crippen LogP contribution in [0.25, 0.3) is 0 Å². The summed E-state index contributed by atoms with van der Waals surface area (Å²) in [5.41, 5.74) is 2.40. The van der Waals surface area contributed by atoms with Crippen LogP contribution < -0.4 is 4.90 Å². The van der Waals surface area contributed by atoms with Gasteiger partial charge in [-0.1, -0.05) is 0 Å². The summed E-state index contributed by atoms with van der Waals surface area (Å²) in [5, 5.41) is 4.34. The smallest absolute Gasteiger partial charge is 0.257 e. The van der Waals surface area contributed by atoms with Gasteiger partial charge in [0.1, 0.15) is 5.82 Å². The minimum atomic E-state index is -0.222. The van der Waals surface area contributed by atoms with Gasteiger partial charge in [-0.2, -0.15) is 5.10 Å². The van der Waals surface area contributed by atoms with E-state index in [1.54, 1.807) is 4.68 Å². The number of hydrogen-bond donors (Lipinski definition) is 0. The minimum Gasteiger partial charge on any atom is -0.361 e. The van der Waals surface area contributed by atoms with E-state index in [0.717, 1.165) is 37.2 Å². The van der Waals surface area contributed by atoms with Gasteiger partial charge >= 0.3 is 0 Å². The Bertz CT molecular complexity index is 858. The van der Waals surface area contributed by atoms with Crippen LogP contribution in [-0.4, -0.2) is 44.8 Å². The average molecular weight is 370 g/mol. The van der Waals surface area contributed by atoms with Crippen molar-refractivity contribution in [1.29, 1.82) is 0 Å². The molecule has 1 amide bonds. The maximum Gasteiger partial charge on any atom is 0.257 e. The molecule has 5 nitrogen and oxygen atoms in total. The third-order valence-electron chi connectivity index (χ3n) is 6.05. The maximum absolute atomic E-state index is 13.4. The standard InChI is InChI=1S/C21H27FN4O/c1-14-17(13-24(4)23-14)20(27)25-11-5-6-18-19(25)12-21(2,3)26(18)16-9-7-15(22)8-10-16/h7-10,13,18-19H,5-6,11-12H2,1-4H3/t18-,19-/m0/s1. The number of fused-ring (bicyclic) bond motifs is 1. The monoisotopic (exact) mass is 370 g/mol. The molecule has 27 heavy (non-hydrogen) atoms. The lowest BCUT2D eigenvalue weighted by atomic mass is 9.93. The molecule has 0 saturated carbocycles. The van der Waals surface area contributed by atoms with Gasteiger partial charge in [-0.25, -0.2) is 4.39 Å². The number of carbonyl (C=O) groups is 1. The van der Waals surface area contributed by atoms with Crippen molar-refractivity contribution in [3.63, 3.8) is 0 Å². The first-order valence-corrected chi connectivity index (χ1v) is 9.64. The number of halogens is 1. The average Bonchev–Trinajstić information content (AvgIpc) is 3.09. The molecule has 3 heterocycles. The van der Waals surface area contributed by atoms with Gasteiger partial charge in [0.2, 0.25) is 0 Å². The van der Waals surface area contributed by atoms with E-state index in [-0.39, 0.29) is 29.3 Å². The lowest BCUT2D eigenvalue weighted by molar-refractivity contribution is 0.0604. The molecule has 2 aliphatic rings. The Morgan fingerprint density at radius 2 is 1.93 bits per heavy atom. The van der Waals surface area contributed by atoms with E-state index in [1.165, 1.54) is 12.1 Å². The summed E-state index contributed by atoms with van der Waals surface area (Å²) < 4.78 is 15.1. The Morgan fingerprint density at radius 3 is 2.56 bits per heavy atom. The van der Waals surface area contributed by atoms with Crippen molar-refractivity contribution in [2.75, 3.05) is 11.4 Å². The molecule has 4 rings (SSSR count). The summed E-state index contributed by atoms with van der Waals surface area (Å²) in [6, 6.07) is 7.15. The summed E-state index contributed by atoms with van der Waals surface area (Å²) in [4.78, 5) is 17.7. The fourth-order valence-electron chi connectivity index (χ4n) is 5.00. The summed E-state index contributed by atoms with van der Waals surface area (Å²) >= 11 is 0. The predicted molar refractivity (Wildman–Crippen MR) is 103 cm³/mol. The third kappa shape index (κ3) is 3.01. The van der Waals surface area contributed by atoms with Crippen molar-refractivity contribution in [3.05, 3.63) is 47.5 Å². The van der Waals surface area contributed by atoms with Crippen molar-refractivity contribution in [2.24, 2.45) is 7.05 Å². The number of anilines is 1. The first kappa shape index (κ1) is 18.0. The number of aromatic nitrogens is 2. The number of likely N-dealkylation sites (tertiary alicyclic amines) is 1. The molecule has 2 saturated heterocycles. The van der Waals surface area contributed by atoms with Crippen LogP contribution in [0.4, 0.5) is 10.1 Å². The molecule has 144 valence electrons. The zero-order valence-electron chi connectivity index (χ0n) is 16.4. The Hall–Kier alpha value is -2.37. The normalized spacial score (nSPS) is 24.2. The Labute approximate surface area is 159 Å². The molecule has 0 unspecified atom stereocenters. The van der Waals surface area contributed by atoms with Crippen LogP contribution in [0, 0.1) is 12.7 Å². The van der Waals surface area contributed by atoms with Crippen molar-refractivity contribution >= 4 is 11.6 Å². The minimum absolute atomic E-state index is 0.0760. The molecule has 2 aromatic rings. The largest absolute Gasteiger partial charge is 0.361 e. The number of aryl methyl sites for hydroxylation is 2. The van der Waals surface area contributed by atoms with E-state index >= 15 is 0 Å². The Kier molecular flexibility index (Phi) is 4.24. The lowest BCUT2D eigenvalue weighted by Crippen LogP contribution is -2.53. The lowest BCUT2D eigenvalue weighted by Gasteiger charge is -2.42. The number of nitrogens with zero attached hydrogens (tertiary/aromatic N) is 4. The molecule has 0 aliphatic carbocycles. The van der Waals surface area contributed by atoms with Gasteiger partial charge in [-0.05, 0) is 64.3 Å². The fourth-order valence-corrected chi connectivity index (χ4v) is 5.00. The second kappa shape index (κ2) is 6.36. The van der Waals surface area contributed by atoms with Gasteiger partial charge in [-0.3, -0.25) is 9.48 Å². The first-order chi connectivity index (χ1) is 12.8. The molecule has 0 radical (unpaired) electrons. The van der Waals surface area contributed by atoms with Gasteiger partial charge < -0.3 is 9.80 Å². The first-order valence-electron chi connectivity index (χ1n) is 9.64. The summed E-state index contributed by atoms with van der Waals surface area (Å²) in [5.74, 6) is -0.146. The molecule has 0 bridgehead atoms. The van der Waals surface area contributed by atoms with Crippen molar-refractivity contribution < 1.29 is 9.18 Å². The molecule has 1 aromatic heterocycles. The van der Waals surface area contributed by atoms with Gasteiger partial charge in [0.25, 0.3) is 5.91 Å². The highest BCUT2D eigenvalue weighted by molar-refractivity contribution is 5.95. The zero-order chi connectivity index (χ0) is 19.3. The fraction of sp³-hybridized carbons (Fsp3) is 0.524. The summed E-state index contributed by atoms with van der Waals surface area (Å²) in [6.45, 7) is 7.10. The highest BCUT2D eigenvalue weighted by Gasteiger charge is 2.50. The number of carbonyl (C=O) groups excluding carboxylic acids is 1. The highest BCUT2D eigenvalue weighted by Crippen LogP contribution is 2.44. The van der Waals surface area contributed by atoms with Crippen molar-refractivity contribution in [1.82, 2.24) is 14.7 Å². The van der Waals surface area contributed by atoms with E-state index < -0.39 is 0 Å². The molecule has 2 atom stereocenters. The van der Waals surface area contributed by atoms with E-state index in [0.29, 0.717) is 5.56 Å². The van der Waals surface area contributed by atoms with Gasteiger partial charge in [0.15, 0.2) is 0 Å². The van der Waals surface area contributed by atoms with E-state index in [9.17, 15) is 9.18 Å². The topological polar surface area (TPSA) is 41.4 Å². The molecule has 6 heteroatoms. The van der Waals surface area contributed by atoms with Crippen LogP contribution in [0.5, 0.6) is 0 Å². The molecule has 0 spiro atoms. The van der Waals surface area contributed by atoms with Crippen LogP contribution in [0.3, 0.4) is 0 Å². The molecule has 2 fully saturated rings. The Balaban J connectivity index is 1.67. The maximum atomic E-state index is 13.4. The molecular weight excluding hydrogens is 343 g/mol. The van der Waals surface area contributed by atoms with E-state index in [4.69, 9.17) is 0 Å². The number of amides is 1. The van der Waals surface area contributed by atoms with Crippen LogP contribution >= 0.6 is 0 Å². The van der Waals surface area contributed by atoms with Crippen LogP contribution in [-0.2, 0) is 7.05 Å². The molecular formula is C21H27FN4O. The SMILES string of the molecule is Cc1nn(C)cc1C(=O)N1CCC[C@H]2[C@@H]1CC(C)(C)N2c1ccc(F)cc1. The number of hydrogen-bond acceptors (Lipinski definition) is 3. The van der Waals surface area contributed by atoms with Gasteiger partial charge in [0, 0.05) is 31.0 Å². The molecule has 1 aromatic carbocycles. The van der Waals surface area contributed by atoms with Crippen LogP contribution in [0.2, 0.25) is 0 Å². The van der Waals surface area contributed by atoms with Crippen molar-refractivity contribution in [2.45, 2.75) is 57.7 Å². The van der Waals surface area contributed by atoms with Crippen LogP contribution in [0.15, 0.2) is 30.5 Å². The summed E-state index contributed by atoms with van der Waals surface area (Å²) in [7, 11) is 1.84. The van der Waals surface area contributed by atoms with E-state index in [1.807, 2.05) is 37.2 Å². The number of piperidine rings is 1. The number of rotatable bonds is 2. The predicted octanol–water partition coefficient (Wildman–Crippen LogP) is 3.53. The highest BCUT2D eigenvalue weighted by atomic mass is 19.1. The second-order valence-corrected chi connectivity index (χ2v) is 8.44. The quantitative estimate of drug-likeness (QED) is 0.812. The molecule has 0 N–H and O–H groups in total. The zero-order valence-corrected chi connectivity index (χ0v) is 16.4.